The van der Waals surface area contributed by atoms with E-state index >= 15 is 0 Å². The number of aromatic nitrogens is 2. The highest BCUT2D eigenvalue weighted by Crippen LogP contribution is 2.27. The Bertz CT molecular complexity index is 866. The number of carbonyl (C=O) groups excluding carboxylic acids is 1. The summed E-state index contributed by atoms with van der Waals surface area (Å²) in [7, 11) is -3.65. The zero-order chi connectivity index (χ0) is 20.0. The number of amides is 1. The Balaban J connectivity index is 2.24. The van der Waals surface area contributed by atoms with Gasteiger partial charge in [-0.3, -0.25) is 14.4 Å². The Morgan fingerprint density at radius 3 is 2.48 bits per heavy atom. The predicted molar refractivity (Wildman–Crippen MR) is 112 cm³/mol. The van der Waals surface area contributed by atoms with Crippen molar-refractivity contribution < 1.29 is 13.2 Å². The number of carbonyl (C=O) groups is 1. The van der Waals surface area contributed by atoms with Crippen molar-refractivity contribution in [3.05, 3.63) is 29.8 Å². The molecule has 0 saturated carbocycles. The van der Waals surface area contributed by atoms with Crippen molar-refractivity contribution in [2.75, 3.05) is 21.6 Å². The van der Waals surface area contributed by atoms with Crippen LogP contribution in [0.3, 0.4) is 0 Å². The molecule has 1 amide bonds. The summed E-state index contributed by atoms with van der Waals surface area (Å²) in [5.74, 6) is 0.502. The predicted octanol–water partition coefficient (Wildman–Crippen LogP) is 3.53. The van der Waals surface area contributed by atoms with Crippen LogP contribution in [0.5, 0.6) is 0 Å². The fraction of sp³-hybridized carbons (Fsp3) is 0.471. The molecule has 0 bridgehead atoms. The molecule has 1 heterocycles. The van der Waals surface area contributed by atoms with Crippen LogP contribution in [0.2, 0.25) is 0 Å². The van der Waals surface area contributed by atoms with E-state index in [-0.39, 0.29) is 0 Å². The van der Waals surface area contributed by atoms with Gasteiger partial charge in [0.1, 0.15) is 6.04 Å². The molecule has 0 spiro atoms. The lowest BCUT2D eigenvalue weighted by atomic mass is 10.1. The molecule has 10 heteroatoms. The summed E-state index contributed by atoms with van der Waals surface area (Å²) < 4.78 is 26.8. The SMILES string of the molecule is CCCSc1nnc(NC(=O)[C@@H](CC)N(c2ccc(C)cc2)S(C)(=O)=O)s1. The minimum absolute atomic E-state index is 0.322. The molecule has 2 aromatic rings. The highest BCUT2D eigenvalue weighted by atomic mass is 32.2. The number of hydrogen-bond donors (Lipinski definition) is 1. The second-order valence-corrected chi connectivity index (χ2v) is 10.2. The highest BCUT2D eigenvalue weighted by Gasteiger charge is 2.32. The number of nitrogens with zero attached hydrogens (tertiary/aromatic N) is 3. The summed E-state index contributed by atoms with van der Waals surface area (Å²) in [6, 6.07) is 6.17. The molecule has 1 atom stereocenters. The molecule has 148 valence electrons. The van der Waals surface area contributed by atoms with Crippen LogP contribution in [0.4, 0.5) is 10.8 Å². The summed E-state index contributed by atoms with van der Waals surface area (Å²) in [6.45, 7) is 5.77. The lowest BCUT2D eigenvalue weighted by molar-refractivity contribution is -0.117. The maximum Gasteiger partial charge on any atom is 0.250 e. The fourth-order valence-electron chi connectivity index (χ4n) is 2.45. The number of aryl methyl sites for hydroxylation is 1. The Morgan fingerprint density at radius 1 is 1.26 bits per heavy atom. The molecule has 0 unspecified atom stereocenters. The van der Waals surface area contributed by atoms with E-state index in [2.05, 4.69) is 22.4 Å². The minimum atomic E-state index is -3.65. The fourth-order valence-corrected chi connectivity index (χ4v) is 5.34. The van der Waals surface area contributed by atoms with E-state index in [9.17, 15) is 13.2 Å². The number of rotatable bonds is 9. The molecule has 1 aromatic heterocycles. The van der Waals surface area contributed by atoms with Crippen LogP contribution >= 0.6 is 23.1 Å². The van der Waals surface area contributed by atoms with Crippen molar-refractivity contribution in [1.29, 1.82) is 0 Å². The standard InChI is InChI=1S/C17H24N4O3S3/c1-5-11-25-17-20-19-16(26-17)18-15(22)14(6-2)21(27(4,23)24)13-9-7-12(3)8-10-13/h7-10,14H,5-6,11H2,1-4H3,(H,18,19,22)/t14-/m1/s1. The van der Waals surface area contributed by atoms with Gasteiger partial charge in [-0.05, 0) is 31.9 Å². The van der Waals surface area contributed by atoms with Crippen LogP contribution in [-0.4, -0.2) is 42.6 Å². The number of benzene rings is 1. The van der Waals surface area contributed by atoms with Gasteiger partial charge in [0.05, 0.1) is 11.9 Å². The van der Waals surface area contributed by atoms with E-state index in [0.29, 0.717) is 17.2 Å². The first-order valence-electron chi connectivity index (χ1n) is 8.59. The molecule has 0 aliphatic heterocycles. The van der Waals surface area contributed by atoms with Crippen LogP contribution in [0.15, 0.2) is 28.6 Å². The van der Waals surface area contributed by atoms with Crippen LogP contribution < -0.4 is 9.62 Å². The number of nitrogens with one attached hydrogen (secondary N) is 1. The van der Waals surface area contributed by atoms with Gasteiger partial charge in [0.2, 0.25) is 21.1 Å². The second-order valence-electron chi connectivity index (χ2n) is 6.03. The van der Waals surface area contributed by atoms with Gasteiger partial charge in [0.25, 0.3) is 0 Å². The molecule has 0 radical (unpaired) electrons. The number of hydrogen-bond acceptors (Lipinski definition) is 7. The third kappa shape index (κ3) is 5.91. The smallest absolute Gasteiger partial charge is 0.250 e. The molecule has 0 fully saturated rings. The zero-order valence-corrected chi connectivity index (χ0v) is 18.2. The molecule has 1 aromatic carbocycles. The first-order chi connectivity index (χ1) is 12.8. The van der Waals surface area contributed by atoms with Crippen LogP contribution in [0, 0.1) is 6.92 Å². The minimum Gasteiger partial charge on any atom is -0.299 e. The third-order valence-electron chi connectivity index (χ3n) is 3.68. The van der Waals surface area contributed by atoms with Crippen molar-refractivity contribution in [1.82, 2.24) is 10.2 Å². The highest BCUT2D eigenvalue weighted by molar-refractivity contribution is 8.01. The second kappa shape index (κ2) is 9.52. The van der Waals surface area contributed by atoms with Crippen molar-refractivity contribution in [2.24, 2.45) is 0 Å². The van der Waals surface area contributed by atoms with Crippen molar-refractivity contribution >= 4 is 49.8 Å². The summed E-state index contributed by atoms with van der Waals surface area (Å²) >= 11 is 2.87. The monoisotopic (exact) mass is 428 g/mol. The first kappa shape index (κ1) is 21.6. The molecule has 0 aliphatic carbocycles. The van der Waals surface area contributed by atoms with Crippen molar-refractivity contribution in [3.63, 3.8) is 0 Å². The largest absolute Gasteiger partial charge is 0.299 e. The van der Waals surface area contributed by atoms with Gasteiger partial charge in [-0.15, -0.1) is 10.2 Å². The van der Waals surface area contributed by atoms with Gasteiger partial charge < -0.3 is 0 Å². The molecule has 1 N–H and O–H groups in total. The molecule has 0 aliphatic rings. The average molecular weight is 429 g/mol. The van der Waals surface area contributed by atoms with Crippen molar-refractivity contribution in [2.45, 2.75) is 44.0 Å². The maximum absolute atomic E-state index is 12.8. The van der Waals surface area contributed by atoms with Gasteiger partial charge in [-0.25, -0.2) is 8.42 Å². The van der Waals surface area contributed by atoms with Crippen LogP contribution in [0.1, 0.15) is 32.3 Å². The van der Waals surface area contributed by atoms with E-state index in [0.717, 1.165) is 32.6 Å². The average Bonchev–Trinajstić information content (AvgIpc) is 3.05. The van der Waals surface area contributed by atoms with Gasteiger partial charge in [0.15, 0.2) is 4.34 Å². The quantitative estimate of drug-likeness (QED) is 0.485. The van der Waals surface area contributed by atoms with E-state index in [1.54, 1.807) is 30.8 Å². The molecular formula is C17H24N4O3S3. The third-order valence-corrected chi connectivity index (χ3v) is 7.04. The lowest BCUT2D eigenvalue weighted by Gasteiger charge is -2.29. The van der Waals surface area contributed by atoms with E-state index in [1.165, 1.54) is 11.3 Å². The topological polar surface area (TPSA) is 92.3 Å². The van der Waals surface area contributed by atoms with Crippen molar-refractivity contribution in [3.8, 4) is 0 Å². The zero-order valence-electron chi connectivity index (χ0n) is 15.8. The lowest BCUT2D eigenvalue weighted by Crippen LogP contribution is -2.47. The first-order valence-corrected chi connectivity index (χ1v) is 12.2. The Kier molecular flexibility index (Phi) is 7.63. The Morgan fingerprint density at radius 2 is 1.93 bits per heavy atom. The van der Waals surface area contributed by atoms with Crippen LogP contribution in [-0.2, 0) is 14.8 Å². The molecular weight excluding hydrogens is 404 g/mol. The van der Waals surface area contributed by atoms with E-state index < -0.39 is 22.0 Å². The number of thioether (sulfide) groups is 1. The Labute approximate surface area is 168 Å². The van der Waals surface area contributed by atoms with Crippen LogP contribution in [0.25, 0.3) is 0 Å². The summed E-state index contributed by atoms with van der Waals surface area (Å²) in [4.78, 5) is 12.8. The summed E-state index contributed by atoms with van der Waals surface area (Å²) in [5, 5.41) is 11.1. The molecule has 27 heavy (non-hydrogen) atoms. The summed E-state index contributed by atoms with van der Waals surface area (Å²) in [6.07, 6.45) is 2.44. The number of anilines is 2. The normalized spacial score (nSPS) is 12.6. The van der Waals surface area contributed by atoms with E-state index in [4.69, 9.17) is 0 Å². The van der Waals surface area contributed by atoms with Gasteiger partial charge in [-0.2, -0.15) is 0 Å². The molecule has 2 rings (SSSR count). The molecule has 7 nitrogen and oxygen atoms in total. The number of sulfonamides is 1. The molecule has 0 saturated heterocycles. The van der Waals surface area contributed by atoms with Gasteiger partial charge >= 0.3 is 0 Å². The Hall–Kier alpha value is -1.65. The maximum atomic E-state index is 12.8. The van der Waals surface area contributed by atoms with E-state index in [1.807, 2.05) is 19.1 Å². The van der Waals surface area contributed by atoms with Gasteiger partial charge in [0, 0.05) is 5.75 Å². The summed E-state index contributed by atoms with van der Waals surface area (Å²) in [5.41, 5.74) is 1.47. The van der Waals surface area contributed by atoms with Gasteiger partial charge in [-0.1, -0.05) is 54.6 Å².